The topological polar surface area (TPSA) is 58.6 Å². The largest absolute Gasteiger partial charge is 0.496 e. The van der Waals surface area contributed by atoms with Gasteiger partial charge in [0.05, 0.1) is 13.5 Å². The van der Waals surface area contributed by atoms with Gasteiger partial charge in [0, 0.05) is 11.7 Å². The molecule has 1 unspecified atom stereocenters. The zero-order valence-corrected chi connectivity index (χ0v) is 9.78. The zero-order chi connectivity index (χ0) is 12.1. The molecule has 0 radical (unpaired) electrons. The first-order chi connectivity index (χ1) is 7.52. The minimum atomic E-state index is -0.801. The summed E-state index contributed by atoms with van der Waals surface area (Å²) in [5.41, 5.74) is 1.93. The summed E-state index contributed by atoms with van der Waals surface area (Å²) in [7, 11) is 1.63. The smallest absolute Gasteiger partial charge is 0.305 e. The van der Waals surface area contributed by atoms with Gasteiger partial charge in [-0.15, -0.1) is 0 Å². The summed E-state index contributed by atoms with van der Waals surface area (Å²) in [6.45, 7) is 3.79. The fraction of sp³-hybridized carbons (Fsp3) is 0.417. The number of rotatable bonds is 5. The molecule has 16 heavy (non-hydrogen) atoms. The first-order valence-electron chi connectivity index (χ1n) is 5.16. The Balaban J connectivity index is 2.67. The highest BCUT2D eigenvalue weighted by atomic mass is 16.5. The summed E-state index contributed by atoms with van der Waals surface area (Å²) < 4.78 is 5.15. The molecule has 0 aromatic heterocycles. The molecule has 0 bridgehead atoms. The zero-order valence-electron chi connectivity index (χ0n) is 9.78. The second-order valence-electron chi connectivity index (χ2n) is 3.83. The van der Waals surface area contributed by atoms with Gasteiger partial charge in [-0.3, -0.25) is 4.79 Å². The molecule has 1 rings (SSSR count). The molecule has 1 aromatic rings. The first-order valence-corrected chi connectivity index (χ1v) is 5.16. The molecule has 0 heterocycles. The highest BCUT2D eigenvalue weighted by Gasteiger charge is 2.07. The summed E-state index contributed by atoms with van der Waals surface area (Å²) in [5.74, 6) is 0.0293. The average Bonchev–Trinajstić information content (AvgIpc) is 2.16. The number of hydrogen-bond donors (Lipinski definition) is 2. The Morgan fingerprint density at radius 1 is 1.56 bits per heavy atom. The van der Waals surface area contributed by atoms with Gasteiger partial charge in [0.2, 0.25) is 0 Å². The second kappa shape index (κ2) is 5.39. The lowest BCUT2D eigenvalue weighted by Gasteiger charge is -2.14. The number of anilines is 1. The number of hydrogen-bond acceptors (Lipinski definition) is 3. The Morgan fingerprint density at radius 2 is 2.25 bits per heavy atom. The molecule has 0 spiro atoms. The van der Waals surface area contributed by atoms with Crippen LogP contribution < -0.4 is 10.1 Å². The lowest BCUT2D eigenvalue weighted by molar-refractivity contribution is -0.137. The lowest BCUT2D eigenvalue weighted by Crippen LogP contribution is -2.19. The van der Waals surface area contributed by atoms with Crippen molar-refractivity contribution >= 4 is 11.7 Å². The number of carboxylic acid groups (broad SMARTS) is 1. The van der Waals surface area contributed by atoms with Crippen molar-refractivity contribution in [3.05, 3.63) is 23.8 Å². The Bertz CT molecular complexity index is 377. The minimum absolute atomic E-state index is 0.0923. The summed E-state index contributed by atoms with van der Waals surface area (Å²) in [6, 6.07) is 5.59. The van der Waals surface area contributed by atoms with Crippen LogP contribution in [0.15, 0.2) is 18.2 Å². The van der Waals surface area contributed by atoms with E-state index in [1.807, 2.05) is 32.0 Å². The van der Waals surface area contributed by atoms with Crippen LogP contribution in [-0.2, 0) is 4.79 Å². The van der Waals surface area contributed by atoms with Crippen molar-refractivity contribution in [2.24, 2.45) is 0 Å². The Morgan fingerprint density at radius 3 is 2.75 bits per heavy atom. The van der Waals surface area contributed by atoms with E-state index in [1.54, 1.807) is 7.11 Å². The van der Waals surface area contributed by atoms with Gasteiger partial charge in [-0.2, -0.15) is 0 Å². The molecule has 1 aromatic carbocycles. The second-order valence-corrected chi connectivity index (χ2v) is 3.83. The monoisotopic (exact) mass is 223 g/mol. The molecule has 0 fully saturated rings. The van der Waals surface area contributed by atoms with Crippen LogP contribution in [0.25, 0.3) is 0 Å². The van der Waals surface area contributed by atoms with Crippen molar-refractivity contribution in [2.45, 2.75) is 26.3 Å². The van der Waals surface area contributed by atoms with E-state index in [0.29, 0.717) is 0 Å². The van der Waals surface area contributed by atoms with Gasteiger partial charge in [-0.05, 0) is 37.6 Å². The number of nitrogens with one attached hydrogen (secondary N) is 1. The van der Waals surface area contributed by atoms with Crippen LogP contribution >= 0.6 is 0 Å². The molecule has 0 saturated heterocycles. The molecule has 0 aliphatic rings. The van der Waals surface area contributed by atoms with Crippen LogP contribution in [0.3, 0.4) is 0 Å². The van der Waals surface area contributed by atoms with E-state index in [2.05, 4.69) is 5.32 Å². The minimum Gasteiger partial charge on any atom is -0.496 e. The third-order valence-electron chi connectivity index (χ3n) is 2.29. The van der Waals surface area contributed by atoms with Crippen molar-refractivity contribution < 1.29 is 14.6 Å². The lowest BCUT2D eigenvalue weighted by atomic mass is 10.1. The molecule has 2 N–H and O–H groups in total. The van der Waals surface area contributed by atoms with E-state index in [9.17, 15) is 4.79 Å². The van der Waals surface area contributed by atoms with Crippen LogP contribution in [0.2, 0.25) is 0 Å². The Kier molecular flexibility index (Phi) is 4.17. The molecular weight excluding hydrogens is 206 g/mol. The van der Waals surface area contributed by atoms with E-state index in [1.165, 1.54) is 0 Å². The maximum atomic E-state index is 10.5. The van der Waals surface area contributed by atoms with Gasteiger partial charge in [-0.1, -0.05) is 0 Å². The molecule has 1 atom stereocenters. The maximum Gasteiger partial charge on any atom is 0.305 e. The number of aliphatic carboxylic acids is 1. The fourth-order valence-electron chi connectivity index (χ4n) is 1.57. The van der Waals surface area contributed by atoms with E-state index in [0.717, 1.165) is 17.0 Å². The number of ether oxygens (including phenoxy) is 1. The van der Waals surface area contributed by atoms with E-state index < -0.39 is 5.97 Å². The third kappa shape index (κ3) is 3.46. The predicted molar refractivity (Wildman–Crippen MR) is 63.1 cm³/mol. The standard InChI is InChI=1S/C12H17NO3/c1-8-6-10(4-5-11(8)16-3)13-9(2)7-12(14)15/h4-6,9,13H,7H2,1-3H3,(H,14,15). The van der Waals surface area contributed by atoms with Crippen molar-refractivity contribution in [3.63, 3.8) is 0 Å². The number of aryl methyl sites for hydroxylation is 1. The summed E-state index contributed by atoms with van der Waals surface area (Å²) in [5, 5.41) is 11.8. The third-order valence-corrected chi connectivity index (χ3v) is 2.29. The molecule has 0 aliphatic carbocycles. The summed E-state index contributed by atoms with van der Waals surface area (Å²) in [6.07, 6.45) is 0.102. The Hall–Kier alpha value is -1.71. The summed E-state index contributed by atoms with van der Waals surface area (Å²) >= 11 is 0. The SMILES string of the molecule is COc1ccc(NC(C)CC(=O)O)cc1C. The number of methoxy groups -OCH3 is 1. The van der Waals surface area contributed by atoms with E-state index in [4.69, 9.17) is 9.84 Å². The van der Waals surface area contributed by atoms with Crippen LogP contribution in [0.5, 0.6) is 5.75 Å². The van der Waals surface area contributed by atoms with Gasteiger partial charge in [-0.25, -0.2) is 0 Å². The van der Waals surface area contributed by atoms with Gasteiger partial charge in [0.1, 0.15) is 5.75 Å². The van der Waals surface area contributed by atoms with Crippen LogP contribution in [-0.4, -0.2) is 24.2 Å². The van der Waals surface area contributed by atoms with Crippen molar-refractivity contribution in [1.29, 1.82) is 0 Å². The molecular formula is C12H17NO3. The van der Waals surface area contributed by atoms with Crippen LogP contribution in [0.1, 0.15) is 18.9 Å². The van der Waals surface area contributed by atoms with Crippen LogP contribution in [0, 0.1) is 6.92 Å². The van der Waals surface area contributed by atoms with Crippen molar-refractivity contribution in [2.75, 3.05) is 12.4 Å². The van der Waals surface area contributed by atoms with Gasteiger partial charge < -0.3 is 15.2 Å². The highest BCUT2D eigenvalue weighted by molar-refractivity contribution is 5.68. The van der Waals surface area contributed by atoms with Crippen molar-refractivity contribution in [3.8, 4) is 5.75 Å². The van der Waals surface area contributed by atoms with Gasteiger partial charge >= 0.3 is 5.97 Å². The van der Waals surface area contributed by atoms with Crippen LogP contribution in [0.4, 0.5) is 5.69 Å². The first kappa shape index (κ1) is 12.4. The molecule has 0 amide bonds. The maximum absolute atomic E-state index is 10.5. The molecule has 4 heteroatoms. The molecule has 88 valence electrons. The fourth-order valence-corrected chi connectivity index (χ4v) is 1.57. The number of carbonyl (C=O) groups is 1. The van der Waals surface area contributed by atoms with Gasteiger partial charge in [0.25, 0.3) is 0 Å². The molecule has 4 nitrogen and oxygen atoms in total. The number of carboxylic acids is 1. The van der Waals surface area contributed by atoms with E-state index in [-0.39, 0.29) is 12.5 Å². The number of benzene rings is 1. The Labute approximate surface area is 95.2 Å². The van der Waals surface area contributed by atoms with Crippen molar-refractivity contribution in [1.82, 2.24) is 0 Å². The quantitative estimate of drug-likeness (QED) is 0.804. The van der Waals surface area contributed by atoms with Gasteiger partial charge in [0.15, 0.2) is 0 Å². The molecule has 0 aliphatic heterocycles. The highest BCUT2D eigenvalue weighted by Crippen LogP contribution is 2.22. The predicted octanol–water partition coefficient (Wildman–Crippen LogP) is 2.28. The molecule has 0 saturated carbocycles. The average molecular weight is 223 g/mol. The normalized spacial score (nSPS) is 11.9. The summed E-state index contributed by atoms with van der Waals surface area (Å²) in [4.78, 5) is 10.5. The van der Waals surface area contributed by atoms with E-state index >= 15 is 0 Å².